The molecule has 0 amide bonds. The maximum Gasteiger partial charge on any atom is 0.271 e. The summed E-state index contributed by atoms with van der Waals surface area (Å²) in [4.78, 5) is 18.2. The Morgan fingerprint density at radius 2 is 1.92 bits per heavy atom. The number of ether oxygens (including phenoxy) is 1. The molecule has 0 radical (unpaired) electrons. The number of hydrogen-bond acceptors (Lipinski definition) is 4. The number of aromatic nitrogens is 2. The Kier molecular flexibility index (Phi) is 4.54. The predicted molar refractivity (Wildman–Crippen MR) is 106 cm³/mol. The van der Waals surface area contributed by atoms with Crippen molar-refractivity contribution in [3.05, 3.63) is 82.9 Å². The summed E-state index contributed by atoms with van der Waals surface area (Å²) in [5, 5.41) is 0. The van der Waals surface area contributed by atoms with Gasteiger partial charge in [0.25, 0.3) is 5.56 Å². The van der Waals surface area contributed by atoms with E-state index in [2.05, 4.69) is 4.98 Å². The lowest BCUT2D eigenvalue weighted by molar-refractivity contribution is 0.296. The Morgan fingerprint density at radius 1 is 1.08 bits per heavy atom. The Bertz CT molecular complexity index is 1100. The normalized spacial score (nSPS) is 11.0. The van der Waals surface area contributed by atoms with Gasteiger partial charge in [-0.15, -0.1) is 11.3 Å². The molecule has 4 aromatic rings. The van der Waals surface area contributed by atoms with Gasteiger partial charge in [0.1, 0.15) is 17.1 Å². The average Bonchev–Trinajstić information content (AvgIpc) is 3.10. The standard InChI is InChI=1S/C21H18N2O2S/c1-15-6-5-9-17(12-15)25-11-10-23-14-22-18-13-19(26-20(18)21(23)24)16-7-3-2-4-8-16/h2-9,12-14H,10-11H2,1H3. The summed E-state index contributed by atoms with van der Waals surface area (Å²) in [6, 6.07) is 19.9. The summed E-state index contributed by atoms with van der Waals surface area (Å²) in [7, 11) is 0. The van der Waals surface area contributed by atoms with E-state index >= 15 is 0 Å². The van der Waals surface area contributed by atoms with E-state index in [1.165, 1.54) is 11.3 Å². The molecule has 4 nitrogen and oxygen atoms in total. The molecule has 0 saturated heterocycles. The topological polar surface area (TPSA) is 44.1 Å². The number of fused-ring (bicyclic) bond motifs is 1. The summed E-state index contributed by atoms with van der Waals surface area (Å²) in [6.45, 7) is 2.91. The van der Waals surface area contributed by atoms with Gasteiger partial charge in [-0.3, -0.25) is 9.36 Å². The zero-order valence-corrected chi connectivity index (χ0v) is 15.2. The second-order valence-corrected chi connectivity index (χ2v) is 7.15. The fraction of sp³-hybridized carbons (Fsp3) is 0.143. The van der Waals surface area contributed by atoms with Crippen molar-refractivity contribution in [2.24, 2.45) is 0 Å². The number of aryl methyl sites for hydroxylation is 1. The molecule has 0 atom stereocenters. The summed E-state index contributed by atoms with van der Waals surface area (Å²) in [5.41, 5.74) is 2.98. The van der Waals surface area contributed by atoms with Gasteiger partial charge in [-0.1, -0.05) is 42.5 Å². The fourth-order valence-electron chi connectivity index (χ4n) is 2.82. The van der Waals surface area contributed by atoms with Crippen LogP contribution in [-0.4, -0.2) is 16.2 Å². The van der Waals surface area contributed by atoms with E-state index in [-0.39, 0.29) is 5.56 Å². The molecule has 5 heteroatoms. The molecule has 2 heterocycles. The van der Waals surface area contributed by atoms with Gasteiger partial charge in [-0.25, -0.2) is 4.98 Å². The van der Waals surface area contributed by atoms with Gasteiger partial charge in [-0.05, 0) is 36.2 Å². The van der Waals surface area contributed by atoms with E-state index in [0.29, 0.717) is 17.9 Å². The highest BCUT2D eigenvalue weighted by Gasteiger charge is 2.10. The molecule has 2 aromatic carbocycles. The first-order valence-electron chi connectivity index (χ1n) is 8.44. The van der Waals surface area contributed by atoms with Crippen molar-refractivity contribution in [3.63, 3.8) is 0 Å². The minimum Gasteiger partial charge on any atom is -0.492 e. The first kappa shape index (κ1) is 16.5. The van der Waals surface area contributed by atoms with Crippen LogP contribution < -0.4 is 10.3 Å². The van der Waals surface area contributed by atoms with Crippen molar-refractivity contribution >= 4 is 21.6 Å². The third kappa shape index (κ3) is 3.39. The zero-order valence-electron chi connectivity index (χ0n) is 14.4. The number of nitrogens with zero attached hydrogens (tertiary/aromatic N) is 2. The summed E-state index contributed by atoms with van der Waals surface area (Å²) in [6.07, 6.45) is 1.60. The molecule has 2 aromatic heterocycles. The van der Waals surface area contributed by atoms with Crippen LogP contribution in [0, 0.1) is 6.92 Å². The quantitative estimate of drug-likeness (QED) is 0.525. The van der Waals surface area contributed by atoms with Gasteiger partial charge in [0.05, 0.1) is 18.4 Å². The van der Waals surface area contributed by atoms with E-state index in [1.54, 1.807) is 10.9 Å². The lowest BCUT2D eigenvalue weighted by atomic mass is 10.2. The molecule has 0 aliphatic heterocycles. The number of thiophene rings is 1. The Hall–Kier alpha value is -2.92. The van der Waals surface area contributed by atoms with Gasteiger partial charge in [0.2, 0.25) is 0 Å². The smallest absolute Gasteiger partial charge is 0.271 e. The second-order valence-electron chi connectivity index (χ2n) is 6.10. The Labute approximate surface area is 155 Å². The lowest BCUT2D eigenvalue weighted by Gasteiger charge is -2.08. The third-order valence-corrected chi connectivity index (χ3v) is 5.31. The molecular weight excluding hydrogens is 344 g/mol. The van der Waals surface area contributed by atoms with Crippen LogP contribution >= 0.6 is 11.3 Å². The Morgan fingerprint density at radius 3 is 2.73 bits per heavy atom. The molecule has 130 valence electrons. The summed E-state index contributed by atoms with van der Waals surface area (Å²) < 4.78 is 8.05. The maximum atomic E-state index is 12.7. The molecule has 0 fully saturated rings. The van der Waals surface area contributed by atoms with Crippen LogP contribution in [0.3, 0.4) is 0 Å². The van der Waals surface area contributed by atoms with Gasteiger partial charge in [-0.2, -0.15) is 0 Å². The first-order valence-corrected chi connectivity index (χ1v) is 9.26. The van der Waals surface area contributed by atoms with E-state index in [0.717, 1.165) is 27.3 Å². The van der Waals surface area contributed by atoms with Gasteiger partial charge in [0, 0.05) is 4.88 Å². The van der Waals surface area contributed by atoms with Crippen LogP contribution in [0.4, 0.5) is 0 Å². The molecule has 0 bridgehead atoms. The van der Waals surface area contributed by atoms with Crippen LogP contribution in [-0.2, 0) is 6.54 Å². The molecular formula is C21H18N2O2S. The van der Waals surface area contributed by atoms with E-state index in [4.69, 9.17) is 4.74 Å². The molecule has 0 aliphatic carbocycles. The molecule has 0 unspecified atom stereocenters. The molecule has 0 aliphatic rings. The SMILES string of the molecule is Cc1cccc(OCCn2cnc3cc(-c4ccccc4)sc3c2=O)c1. The van der Waals surface area contributed by atoms with E-state index < -0.39 is 0 Å². The highest BCUT2D eigenvalue weighted by Crippen LogP contribution is 2.30. The molecule has 4 rings (SSSR count). The predicted octanol–water partition coefficient (Wildman–Crippen LogP) is 4.51. The number of rotatable bonds is 5. The third-order valence-electron chi connectivity index (χ3n) is 4.15. The summed E-state index contributed by atoms with van der Waals surface area (Å²) >= 11 is 1.49. The molecule has 0 N–H and O–H groups in total. The lowest BCUT2D eigenvalue weighted by Crippen LogP contribution is -2.22. The first-order chi connectivity index (χ1) is 12.7. The van der Waals surface area contributed by atoms with Crippen molar-refractivity contribution < 1.29 is 4.74 Å². The molecule has 0 spiro atoms. The van der Waals surface area contributed by atoms with Gasteiger partial charge >= 0.3 is 0 Å². The minimum atomic E-state index is -0.0185. The highest BCUT2D eigenvalue weighted by molar-refractivity contribution is 7.22. The van der Waals surface area contributed by atoms with Crippen LogP contribution in [0.5, 0.6) is 5.75 Å². The zero-order chi connectivity index (χ0) is 17.9. The monoisotopic (exact) mass is 362 g/mol. The molecule has 0 saturated carbocycles. The number of benzene rings is 2. The minimum absolute atomic E-state index is 0.0185. The molecule has 26 heavy (non-hydrogen) atoms. The van der Waals surface area contributed by atoms with Gasteiger partial charge in [0.15, 0.2) is 0 Å². The highest BCUT2D eigenvalue weighted by atomic mass is 32.1. The van der Waals surface area contributed by atoms with Crippen molar-refractivity contribution in [2.45, 2.75) is 13.5 Å². The van der Waals surface area contributed by atoms with Crippen molar-refractivity contribution in [1.82, 2.24) is 9.55 Å². The van der Waals surface area contributed by atoms with Crippen molar-refractivity contribution in [2.75, 3.05) is 6.61 Å². The second kappa shape index (κ2) is 7.14. The van der Waals surface area contributed by atoms with Crippen LogP contribution in [0.1, 0.15) is 5.56 Å². The largest absolute Gasteiger partial charge is 0.492 e. The van der Waals surface area contributed by atoms with Crippen LogP contribution in [0.15, 0.2) is 71.8 Å². The van der Waals surface area contributed by atoms with E-state index in [1.807, 2.05) is 67.6 Å². The van der Waals surface area contributed by atoms with Gasteiger partial charge < -0.3 is 4.74 Å². The van der Waals surface area contributed by atoms with Crippen LogP contribution in [0.25, 0.3) is 20.7 Å². The average molecular weight is 362 g/mol. The van der Waals surface area contributed by atoms with Crippen molar-refractivity contribution in [1.29, 1.82) is 0 Å². The fourth-order valence-corrected chi connectivity index (χ4v) is 3.88. The van der Waals surface area contributed by atoms with Crippen LogP contribution in [0.2, 0.25) is 0 Å². The van der Waals surface area contributed by atoms with E-state index in [9.17, 15) is 4.79 Å². The maximum absolute atomic E-state index is 12.7. The van der Waals surface area contributed by atoms with Crippen molar-refractivity contribution in [3.8, 4) is 16.2 Å². The summed E-state index contributed by atoms with van der Waals surface area (Å²) in [5.74, 6) is 0.814. The Balaban J connectivity index is 1.55. The number of hydrogen-bond donors (Lipinski definition) is 0.